The lowest BCUT2D eigenvalue weighted by Crippen LogP contribution is -2.60. The Morgan fingerprint density at radius 2 is 1.94 bits per heavy atom. The van der Waals surface area contributed by atoms with Gasteiger partial charge in [0.05, 0.1) is 0 Å². The van der Waals surface area contributed by atoms with Crippen LogP contribution in [0.5, 0.6) is 0 Å². The fourth-order valence-corrected chi connectivity index (χ4v) is 6.33. The average Bonchev–Trinajstić information content (AvgIpc) is 3.28. The molecule has 2 unspecified atom stereocenters. The first kappa shape index (κ1) is 21.8. The minimum atomic E-state index is -0.391. The number of hydrogen-bond acceptors (Lipinski definition) is 5. The van der Waals surface area contributed by atoms with E-state index in [9.17, 15) is 14.0 Å². The number of carbonyl (C=O) groups excluding carboxylic acids is 2. The smallest absolute Gasteiger partial charge is 0.243 e. The van der Waals surface area contributed by atoms with Crippen LogP contribution in [0.15, 0.2) is 12.1 Å². The minimum Gasteiger partial charge on any atom is -0.373 e. The molecule has 5 atom stereocenters. The highest BCUT2D eigenvalue weighted by Gasteiger charge is 2.37. The van der Waals surface area contributed by atoms with Gasteiger partial charge in [-0.05, 0) is 57.1 Å². The summed E-state index contributed by atoms with van der Waals surface area (Å²) in [6, 6.07) is 4.12. The Kier molecular flexibility index (Phi) is 6.21. The number of hydrogen-bond donors (Lipinski definition) is 2. The molecule has 0 aromatic heterocycles. The number of amides is 1. The van der Waals surface area contributed by atoms with E-state index in [1.165, 1.54) is 12.5 Å². The van der Waals surface area contributed by atoms with E-state index in [2.05, 4.69) is 20.4 Å². The Morgan fingerprint density at radius 3 is 2.72 bits per heavy atom. The zero-order chi connectivity index (χ0) is 22.2. The molecule has 0 radical (unpaired) electrons. The Labute approximate surface area is 189 Å². The first-order valence-corrected chi connectivity index (χ1v) is 12.3. The number of nitrogens with one attached hydrogen (secondary N) is 2. The Balaban J connectivity index is 1.15. The molecule has 5 rings (SSSR count). The fraction of sp³-hybridized carbons (Fsp3) is 0.680. The molecule has 1 saturated carbocycles. The molecule has 0 spiro atoms. The van der Waals surface area contributed by atoms with Gasteiger partial charge in [0, 0.05) is 67.9 Å². The number of aldehydes is 1. The van der Waals surface area contributed by atoms with E-state index in [0.29, 0.717) is 24.1 Å². The number of aryl methyl sites for hydroxylation is 1. The fourth-order valence-electron chi connectivity index (χ4n) is 6.33. The summed E-state index contributed by atoms with van der Waals surface area (Å²) in [6.07, 6.45) is 7.98. The van der Waals surface area contributed by atoms with Crippen LogP contribution in [0.1, 0.15) is 49.7 Å². The van der Waals surface area contributed by atoms with Crippen molar-refractivity contribution in [3.05, 3.63) is 29.1 Å². The Hall–Kier alpha value is -1.99. The maximum absolute atomic E-state index is 14.2. The third-order valence-corrected chi connectivity index (χ3v) is 8.18. The van der Waals surface area contributed by atoms with Crippen LogP contribution in [0.25, 0.3) is 0 Å². The molecule has 3 fully saturated rings. The molecule has 2 N–H and O–H groups in total. The number of piperazine rings is 1. The van der Waals surface area contributed by atoms with Crippen molar-refractivity contribution in [2.75, 3.05) is 31.5 Å². The molecule has 174 valence electrons. The lowest BCUT2D eigenvalue weighted by Gasteiger charge is -2.49. The van der Waals surface area contributed by atoms with Crippen molar-refractivity contribution in [2.24, 2.45) is 5.92 Å². The van der Waals surface area contributed by atoms with Crippen LogP contribution in [-0.4, -0.2) is 72.3 Å². The molecule has 1 amide bonds. The highest BCUT2D eigenvalue weighted by molar-refractivity contribution is 5.88. The number of halogens is 1. The first-order chi connectivity index (χ1) is 15.5. The van der Waals surface area contributed by atoms with E-state index in [1.54, 1.807) is 6.07 Å². The molecule has 32 heavy (non-hydrogen) atoms. The summed E-state index contributed by atoms with van der Waals surface area (Å²) in [4.78, 5) is 29.3. The molecule has 0 bridgehead atoms. The zero-order valence-corrected chi connectivity index (χ0v) is 19.0. The number of fused-ring (bicyclic) bond motifs is 2. The summed E-state index contributed by atoms with van der Waals surface area (Å²) in [5, 5.41) is 6.53. The topological polar surface area (TPSA) is 64.7 Å². The van der Waals surface area contributed by atoms with Gasteiger partial charge < -0.3 is 15.4 Å². The van der Waals surface area contributed by atoms with Crippen molar-refractivity contribution < 1.29 is 14.0 Å². The Bertz CT molecular complexity index is 847. The molecular formula is C25H35FN4O2. The van der Waals surface area contributed by atoms with Crippen molar-refractivity contribution in [3.8, 4) is 0 Å². The molecule has 1 aromatic rings. The number of anilines is 1. The van der Waals surface area contributed by atoms with Crippen LogP contribution in [0.3, 0.4) is 0 Å². The predicted octanol–water partition coefficient (Wildman–Crippen LogP) is 2.49. The van der Waals surface area contributed by atoms with E-state index in [1.807, 2.05) is 6.92 Å². The maximum atomic E-state index is 14.2. The number of piperidine rings is 1. The van der Waals surface area contributed by atoms with Gasteiger partial charge in [0.1, 0.15) is 18.1 Å². The molecule has 1 aromatic carbocycles. The number of rotatable bonds is 4. The molecule has 3 heterocycles. The van der Waals surface area contributed by atoms with Crippen LogP contribution >= 0.6 is 0 Å². The van der Waals surface area contributed by atoms with Gasteiger partial charge in [-0.1, -0.05) is 6.07 Å². The normalized spacial score (nSPS) is 33.1. The molecule has 1 aliphatic carbocycles. The van der Waals surface area contributed by atoms with Crippen LogP contribution in [0.4, 0.5) is 10.1 Å². The monoisotopic (exact) mass is 442 g/mol. The summed E-state index contributed by atoms with van der Waals surface area (Å²) in [5.74, 6) is -0.0326. The lowest BCUT2D eigenvalue weighted by atomic mass is 9.87. The predicted molar refractivity (Wildman–Crippen MR) is 122 cm³/mol. The minimum absolute atomic E-state index is 0.0114. The largest absolute Gasteiger partial charge is 0.373 e. The van der Waals surface area contributed by atoms with Crippen LogP contribution in [0, 0.1) is 18.7 Å². The van der Waals surface area contributed by atoms with E-state index in [0.717, 1.165) is 75.8 Å². The van der Waals surface area contributed by atoms with Crippen LogP contribution in [0.2, 0.25) is 0 Å². The second-order valence-electron chi connectivity index (χ2n) is 10.3. The van der Waals surface area contributed by atoms with Gasteiger partial charge in [-0.15, -0.1) is 0 Å². The van der Waals surface area contributed by atoms with Crippen molar-refractivity contribution in [1.29, 1.82) is 0 Å². The van der Waals surface area contributed by atoms with Gasteiger partial charge >= 0.3 is 0 Å². The molecule has 3 aliphatic heterocycles. The van der Waals surface area contributed by atoms with Gasteiger partial charge in [-0.3, -0.25) is 14.6 Å². The first-order valence-electron chi connectivity index (χ1n) is 12.3. The molecule has 4 aliphatic rings. The second kappa shape index (κ2) is 9.10. The summed E-state index contributed by atoms with van der Waals surface area (Å²) >= 11 is 0. The number of benzene rings is 1. The van der Waals surface area contributed by atoms with Gasteiger partial charge in [0.2, 0.25) is 5.91 Å². The van der Waals surface area contributed by atoms with E-state index < -0.39 is 6.04 Å². The summed E-state index contributed by atoms with van der Waals surface area (Å²) in [5.41, 5.74) is 2.40. The summed E-state index contributed by atoms with van der Waals surface area (Å²) < 4.78 is 14.2. The SMILES string of the molecule is Cc1ccc(F)c2c1NC(C(=O)N[C@@H]1CCC[C@@H](N3CCN4CC(C=O)CC[C@H]4C3)C1)C2. The highest BCUT2D eigenvalue weighted by Crippen LogP contribution is 2.32. The van der Waals surface area contributed by atoms with E-state index in [4.69, 9.17) is 0 Å². The van der Waals surface area contributed by atoms with Crippen molar-refractivity contribution in [3.63, 3.8) is 0 Å². The Morgan fingerprint density at radius 1 is 1.12 bits per heavy atom. The lowest BCUT2D eigenvalue weighted by molar-refractivity contribution is -0.123. The van der Waals surface area contributed by atoms with E-state index in [-0.39, 0.29) is 23.7 Å². The molecular weight excluding hydrogens is 407 g/mol. The zero-order valence-electron chi connectivity index (χ0n) is 19.0. The second-order valence-corrected chi connectivity index (χ2v) is 10.3. The maximum Gasteiger partial charge on any atom is 0.243 e. The van der Waals surface area contributed by atoms with Gasteiger partial charge in [-0.2, -0.15) is 0 Å². The standard InChI is InChI=1S/C25H35FN4O2/c1-16-5-8-22(26)21-12-23(28-24(16)21)25(32)27-18-3-2-4-19(11-18)30-10-9-29-13-17(15-31)6-7-20(29)14-30/h5,8,15,17-20,23,28H,2-4,6-7,9-14H2,1H3,(H,27,32)/t17?,18-,19-,20+,23?/m1/s1. The molecule has 2 saturated heterocycles. The van der Waals surface area contributed by atoms with Crippen LogP contribution < -0.4 is 10.6 Å². The van der Waals surface area contributed by atoms with Crippen molar-refractivity contribution in [2.45, 2.75) is 76.0 Å². The third-order valence-electron chi connectivity index (χ3n) is 8.18. The van der Waals surface area contributed by atoms with E-state index >= 15 is 0 Å². The highest BCUT2D eigenvalue weighted by atomic mass is 19.1. The molecule has 7 heteroatoms. The van der Waals surface area contributed by atoms with Gasteiger partial charge in [-0.25, -0.2) is 4.39 Å². The van der Waals surface area contributed by atoms with Crippen LogP contribution in [-0.2, 0) is 16.0 Å². The van der Waals surface area contributed by atoms with Gasteiger partial charge in [0.15, 0.2) is 0 Å². The number of nitrogens with zero attached hydrogens (tertiary/aromatic N) is 2. The summed E-state index contributed by atoms with van der Waals surface area (Å²) in [7, 11) is 0. The molecule has 6 nitrogen and oxygen atoms in total. The van der Waals surface area contributed by atoms with Crippen molar-refractivity contribution >= 4 is 17.9 Å². The van der Waals surface area contributed by atoms with Crippen molar-refractivity contribution in [1.82, 2.24) is 15.1 Å². The average molecular weight is 443 g/mol. The quantitative estimate of drug-likeness (QED) is 0.702. The number of carbonyl (C=O) groups is 2. The third kappa shape index (κ3) is 4.29. The summed E-state index contributed by atoms with van der Waals surface area (Å²) in [6.45, 7) is 6.03. The van der Waals surface area contributed by atoms with Gasteiger partial charge in [0.25, 0.3) is 0 Å².